The van der Waals surface area contributed by atoms with Crippen LogP contribution < -0.4 is 5.32 Å². The molecule has 0 aliphatic heterocycles. The molecule has 34 heavy (non-hydrogen) atoms. The van der Waals surface area contributed by atoms with Gasteiger partial charge in [0.1, 0.15) is 0 Å². The SMILES string of the molecule is Cc1cc(C(C)(C)C)cc(C)c1CSc1nc2ccc(NC(=O)c3ccc(Cl)cc3Cl)cc2s1. The maximum Gasteiger partial charge on any atom is 0.257 e. The number of aryl methyl sites for hydroxylation is 2. The molecular weight excluding hydrogens is 503 g/mol. The quantitative estimate of drug-likeness (QED) is 0.262. The molecule has 0 saturated carbocycles. The van der Waals surface area contributed by atoms with E-state index in [2.05, 4.69) is 52.1 Å². The van der Waals surface area contributed by atoms with Gasteiger partial charge in [0.25, 0.3) is 5.91 Å². The van der Waals surface area contributed by atoms with Crippen LogP contribution in [0.15, 0.2) is 52.9 Å². The van der Waals surface area contributed by atoms with Crippen LogP contribution >= 0.6 is 46.3 Å². The van der Waals surface area contributed by atoms with Gasteiger partial charge >= 0.3 is 0 Å². The second-order valence-electron chi connectivity index (χ2n) is 9.37. The van der Waals surface area contributed by atoms with E-state index < -0.39 is 0 Å². The maximum absolute atomic E-state index is 12.6. The Morgan fingerprint density at radius 2 is 1.74 bits per heavy atom. The molecule has 176 valence electrons. The van der Waals surface area contributed by atoms with Crippen molar-refractivity contribution in [3.63, 3.8) is 0 Å². The highest BCUT2D eigenvalue weighted by molar-refractivity contribution is 8.00. The molecule has 1 amide bonds. The van der Waals surface area contributed by atoms with Crippen LogP contribution in [0.25, 0.3) is 10.2 Å². The van der Waals surface area contributed by atoms with Crippen LogP contribution in [0.1, 0.15) is 53.4 Å². The molecule has 3 aromatic carbocycles. The van der Waals surface area contributed by atoms with Gasteiger partial charge in [0, 0.05) is 16.5 Å². The van der Waals surface area contributed by atoms with Crippen LogP contribution in [0.3, 0.4) is 0 Å². The minimum Gasteiger partial charge on any atom is -0.322 e. The predicted octanol–water partition coefficient (Wildman–Crippen LogP) is 9.06. The van der Waals surface area contributed by atoms with Crippen molar-refractivity contribution in [2.45, 2.75) is 50.1 Å². The van der Waals surface area contributed by atoms with Crippen LogP contribution in [0.4, 0.5) is 5.69 Å². The summed E-state index contributed by atoms with van der Waals surface area (Å²) in [6, 6.07) is 15.2. The molecule has 0 atom stereocenters. The van der Waals surface area contributed by atoms with E-state index in [-0.39, 0.29) is 11.3 Å². The number of hydrogen-bond acceptors (Lipinski definition) is 4. The summed E-state index contributed by atoms with van der Waals surface area (Å²) in [5.74, 6) is 0.602. The number of benzene rings is 3. The summed E-state index contributed by atoms with van der Waals surface area (Å²) in [6.45, 7) is 11.1. The molecule has 0 bridgehead atoms. The maximum atomic E-state index is 12.6. The summed E-state index contributed by atoms with van der Waals surface area (Å²) in [7, 11) is 0. The number of thioether (sulfide) groups is 1. The number of anilines is 1. The minimum absolute atomic E-state index is 0.139. The number of halogens is 2. The highest BCUT2D eigenvalue weighted by Crippen LogP contribution is 2.35. The molecule has 7 heteroatoms. The lowest BCUT2D eigenvalue weighted by Crippen LogP contribution is -2.12. The second-order valence-corrected chi connectivity index (χ2v) is 12.5. The van der Waals surface area contributed by atoms with E-state index in [9.17, 15) is 4.79 Å². The van der Waals surface area contributed by atoms with Crippen LogP contribution in [0.5, 0.6) is 0 Å². The third-order valence-electron chi connectivity index (χ3n) is 5.70. The molecule has 0 fully saturated rings. The van der Waals surface area contributed by atoms with E-state index in [1.807, 2.05) is 18.2 Å². The van der Waals surface area contributed by atoms with Gasteiger partial charge in [0.2, 0.25) is 0 Å². The zero-order chi connectivity index (χ0) is 24.6. The van der Waals surface area contributed by atoms with Crippen molar-refractivity contribution >= 4 is 68.1 Å². The van der Waals surface area contributed by atoms with E-state index in [1.165, 1.54) is 22.3 Å². The Morgan fingerprint density at radius 3 is 2.38 bits per heavy atom. The molecule has 4 aromatic rings. The Morgan fingerprint density at radius 1 is 1.03 bits per heavy atom. The Hall–Kier alpha value is -2.05. The number of nitrogens with zero attached hydrogens (tertiary/aromatic N) is 1. The molecule has 4 rings (SSSR count). The Bertz CT molecular complexity index is 1370. The first-order valence-electron chi connectivity index (χ1n) is 10.9. The third kappa shape index (κ3) is 5.60. The molecule has 0 radical (unpaired) electrons. The smallest absolute Gasteiger partial charge is 0.257 e. The topological polar surface area (TPSA) is 42.0 Å². The van der Waals surface area contributed by atoms with Crippen molar-refractivity contribution in [3.8, 4) is 0 Å². The lowest BCUT2D eigenvalue weighted by atomic mass is 9.84. The molecule has 0 aliphatic rings. The van der Waals surface area contributed by atoms with Crippen molar-refractivity contribution in [1.82, 2.24) is 4.98 Å². The number of rotatable bonds is 5. The fourth-order valence-electron chi connectivity index (χ4n) is 3.70. The number of amides is 1. The zero-order valence-corrected chi connectivity index (χ0v) is 22.9. The third-order valence-corrected chi connectivity index (χ3v) is 8.44. The normalized spacial score (nSPS) is 11.7. The minimum atomic E-state index is -0.273. The van der Waals surface area contributed by atoms with Gasteiger partial charge in [-0.25, -0.2) is 4.98 Å². The summed E-state index contributed by atoms with van der Waals surface area (Å²) < 4.78 is 2.04. The molecule has 3 nitrogen and oxygen atoms in total. The standard InChI is InChI=1S/C27H26Cl2N2OS2/c1-15-10-17(27(3,4)5)11-16(2)21(15)14-33-26-31-23-9-7-19(13-24(23)34-26)30-25(32)20-8-6-18(28)12-22(20)29/h6-13H,14H2,1-5H3,(H,30,32). The molecule has 0 unspecified atom stereocenters. The van der Waals surface area contributed by atoms with Gasteiger partial charge in [-0.1, -0.05) is 67.9 Å². The van der Waals surface area contributed by atoms with Gasteiger partial charge in [0.15, 0.2) is 4.34 Å². The van der Waals surface area contributed by atoms with Gasteiger partial charge in [-0.3, -0.25) is 4.79 Å². The predicted molar refractivity (Wildman–Crippen MR) is 148 cm³/mol. The number of carbonyl (C=O) groups is 1. The van der Waals surface area contributed by atoms with Crippen molar-refractivity contribution < 1.29 is 4.79 Å². The number of carbonyl (C=O) groups excluding carboxylic acids is 1. The molecule has 1 N–H and O–H groups in total. The van der Waals surface area contributed by atoms with Crippen molar-refractivity contribution in [1.29, 1.82) is 0 Å². The largest absolute Gasteiger partial charge is 0.322 e. The first-order chi connectivity index (χ1) is 16.0. The molecule has 0 saturated heterocycles. The number of nitrogens with one attached hydrogen (secondary N) is 1. The van der Waals surface area contributed by atoms with Crippen LogP contribution in [0.2, 0.25) is 10.0 Å². The average Bonchev–Trinajstić information content (AvgIpc) is 3.14. The van der Waals surface area contributed by atoms with Gasteiger partial charge in [-0.05, 0) is 77.9 Å². The first kappa shape index (κ1) is 25.1. The van der Waals surface area contributed by atoms with E-state index in [1.54, 1.807) is 41.3 Å². The molecule has 0 spiro atoms. The van der Waals surface area contributed by atoms with Crippen molar-refractivity contribution in [2.75, 3.05) is 5.32 Å². The molecule has 1 heterocycles. The highest BCUT2D eigenvalue weighted by Gasteiger charge is 2.17. The number of fused-ring (bicyclic) bond motifs is 1. The zero-order valence-electron chi connectivity index (χ0n) is 19.8. The highest BCUT2D eigenvalue weighted by atomic mass is 35.5. The summed E-state index contributed by atoms with van der Waals surface area (Å²) in [5.41, 5.74) is 7.53. The fourth-order valence-corrected chi connectivity index (χ4v) is 6.50. The summed E-state index contributed by atoms with van der Waals surface area (Å²) in [5, 5.41) is 3.73. The summed E-state index contributed by atoms with van der Waals surface area (Å²) >= 11 is 15.5. The van der Waals surface area contributed by atoms with E-state index in [0.717, 1.165) is 20.3 Å². The lowest BCUT2D eigenvalue weighted by Gasteiger charge is -2.22. The second kappa shape index (κ2) is 9.90. The monoisotopic (exact) mass is 528 g/mol. The Balaban J connectivity index is 1.49. The molecule has 0 aliphatic carbocycles. The molecule has 1 aromatic heterocycles. The number of hydrogen-bond donors (Lipinski definition) is 1. The number of thiazole rings is 1. The molecular formula is C27H26Cl2N2OS2. The lowest BCUT2D eigenvalue weighted by molar-refractivity contribution is 0.102. The van der Waals surface area contributed by atoms with Crippen LogP contribution in [-0.4, -0.2) is 10.9 Å². The van der Waals surface area contributed by atoms with E-state index in [4.69, 9.17) is 28.2 Å². The Kier molecular flexibility index (Phi) is 7.30. The van der Waals surface area contributed by atoms with Gasteiger partial charge in [-0.2, -0.15) is 0 Å². The van der Waals surface area contributed by atoms with E-state index >= 15 is 0 Å². The first-order valence-corrected chi connectivity index (χ1v) is 13.5. The van der Waals surface area contributed by atoms with Crippen LogP contribution in [-0.2, 0) is 11.2 Å². The van der Waals surface area contributed by atoms with E-state index in [0.29, 0.717) is 21.3 Å². The van der Waals surface area contributed by atoms with Crippen molar-refractivity contribution in [2.24, 2.45) is 0 Å². The van der Waals surface area contributed by atoms with Gasteiger partial charge in [0.05, 0.1) is 20.8 Å². The average molecular weight is 530 g/mol. The fraction of sp³-hybridized carbons (Fsp3) is 0.259. The van der Waals surface area contributed by atoms with Crippen molar-refractivity contribution in [3.05, 3.63) is 86.4 Å². The van der Waals surface area contributed by atoms with Gasteiger partial charge < -0.3 is 5.32 Å². The Labute approximate surface area is 218 Å². The van der Waals surface area contributed by atoms with Crippen LogP contribution in [0, 0.1) is 13.8 Å². The summed E-state index contributed by atoms with van der Waals surface area (Å²) in [6.07, 6.45) is 0. The summed E-state index contributed by atoms with van der Waals surface area (Å²) in [4.78, 5) is 17.4. The van der Waals surface area contributed by atoms with Gasteiger partial charge in [-0.15, -0.1) is 11.3 Å². The number of aromatic nitrogens is 1.